The number of rotatable bonds is 1. The van der Waals surface area contributed by atoms with Gasteiger partial charge >= 0.3 is 0 Å². The van der Waals surface area contributed by atoms with Crippen LogP contribution < -0.4 is 5.43 Å². The van der Waals surface area contributed by atoms with Gasteiger partial charge in [-0.2, -0.15) is 5.10 Å². The molecular weight excluding hydrogens is 154 g/mol. The van der Waals surface area contributed by atoms with E-state index in [1.54, 1.807) is 0 Å². The van der Waals surface area contributed by atoms with Gasteiger partial charge in [0.25, 0.3) is 0 Å². The fraction of sp³-hybridized carbons (Fsp3) is 0.500. The lowest BCUT2D eigenvalue weighted by Crippen LogP contribution is -2.14. The van der Waals surface area contributed by atoms with Gasteiger partial charge in [-0.3, -0.25) is 10.8 Å². The minimum atomic E-state index is -0.450. The maximum Gasteiger partial charge on any atom is 0.184 e. The maximum atomic E-state index is 7.17. The number of nitrogens with one attached hydrogen (secondary N) is 2. The largest absolute Gasteiger partial charge is 0.277 e. The van der Waals surface area contributed by atoms with Crippen LogP contribution in [0.15, 0.2) is 5.10 Å². The average molecular weight is 161 g/mol. The van der Waals surface area contributed by atoms with Gasteiger partial charge in [0.2, 0.25) is 0 Å². The lowest BCUT2D eigenvalue weighted by atomic mass is 10.5. The molecule has 0 bridgehead atoms. The van der Waals surface area contributed by atoms with E-state index in [4.69, 9.17) is 16.6 Å². The molecular formula is C4H7N3S2. The second kappa shape index (κ2) is 2.53. The third-order valence-corrected chi connectivity index (χ3v) is 3.33. The Kier molecular flexibility index (Phi) is 1.92. The van der Waals surface area contributed by atoms with Crippen LogP contribution in [-0.2, 0) is 20.6 Å². The Hall–Kier alpha value is -0.290. The van der Waals surface area contributed by atoms with Gasteiger partial charge < -0.3 is 0 Å². The summed E-state index contributed by atoms with van der Waals surface area (Å²) in [6.45, 7) is 1.99. The summed E-state index contributed by atoms with van der Waals surface area (Å²) in [5, 5.41) is 12.3. The first-order valence-corrected chi connectivity index (χ1v) is 4.73. The zero-order chi connectivity index (χ0) is 6.85. The molecule has 0 aromatic rings. The fourth-order valence-corrected chi connectivity index (χ4v) is 1.86. The molecule has 0 spiro atoms. The SMILES string of the molecule is CCC1=NNC(=N)S1=S. The predicted octanol–water partition coefficient (Wildman–Crippen LogP) is 0.328. The molecule has 9 heavy (non-hydrogen) atoms. The van der Waals surface area contributed by atoms with Gasteiger partial charge in [-0.25, -0.2) is 0 Å². The molecule has 1 rings (SSSR count). The zero-order valence-electron chi connectivity index (χ0n) is 4.97. The van der Waals surface area contributed by atoms with E-state index >= 15 is 0 Å². The summed E-state index contributed by atoms with van der Waals surface area (Å²) in [6.07, 6.45) is 0.849. The molecule has 0 aromatic heterocycles. The number of hydrogen-bond acceptors (Lipinski definition) is 3. The van der Waals surface area contributed by atoms with Crippen molar-refractivity contribution in [2.75, 3.05) is 0 Å². The van der Waals surface area contributed by atoms with Crippen molar-refractivity contribution in [2.24, 2.45) is 5.10 Å². The molecule has 0 saturated carbocycles. The smallest absolute Gasteiger partial charge is 0.184 e. The van der Waals surface area contributed by atoms with E-state index in [2.05, 4.69) is 10.5 Å². The van der Waals surface area contributed by atoms with Gasteiger partial charge in [0.1, 0.15) is 5.04 Å². The van der Waals surface area contributed by atoms with E-state index in [9.17, 15) is 0 Å². The molecule has 0 saturated heterocycles. The molecule has 1 aliphatic heterocycles. The summed E-state index contributed by atoms with van der Waals surface area (Å²) in [5.74, 6) is 0. The Morgan fingerprint density at radius 2 is 2.56 bits per heavy atom. The molecule has 0 amide bonds. The summed E-state index contributed by atoms with van der Waals surface area (Å²) in [5.41, 5.74) is 2.55. The van der Waals surface area contributed by atoms with E-state index in [0.29, 0.717) is 5.17 Å². The Morgan fingerprint density at radius 1 is 1.89 bits per heavy atom. The van der Waals surface area contributed by atoms with Crippen LogP contribution in [0.5, 0.6) is 0 Å². The summed E-state index contributed by atoms with van der Waals surface area (Å²) in [4.78, 5) is 0. The van der Waals surface area contributed by atoms with Gasteiger partial charge in [0, 0.05) is 0 Å². The summed E-state index contributed by atoms with van der Waals surface area (Å²) >= 11 is 4.96. The van der Waals surface area contributed by atoms with Gasteiger partial charge in [-0.1, -0.05) is 6.92 Å². The monoisotopic (exact) mass is 161 g/mol. The number of hydrazone groups is 1. The first-order chi connectivity index (χ1) is 4.25. The normalized spacial score (nSPS) is 25.7. The Balaban J connectivity index is 2.78. The lowest BCUT2D eigenvalue weighted by molar-refractivity contribution is 1.04. The molecule has 3 nitrogen and oxygen atoms in total. The highest BCUT2D eigenvalue weighted by atomic mass is 32.8. The van der Waals surface area contributed by atoms with E-state index in [0.717, 1.165) is 11.5 Å². The van der Waals surface area contributed by atoms with E-state index in [1.165, 1.54) is 0 Å². The number of amidine groups is 1. The highest BCUT2D eigenvalue weighted by Crippen LogP contribution is 2.00. The average Bonchev–Trinajstić information content (AvgIpc) is 2.15. The van der Waals surface area contributed by atoms with Gasteiger partial charge in [0.05, 0.1) is 0 Å². The second-order valence-electron chi connectivity index (χ2n) is 1.57. The van der Waals surface area contributed by atoms with Crippen LogP contribution in [0.3, 0.4) is 0 Å². The Bertz CT molecular complexity index is 196. The van der Waals surface area contributed by atoms with Crippen molar-refractivity contribution < 1.29 is 0 Å². The van der Waals surface area contributed by atoms with Crippen LogP contribution in [0, 0.1) is 5.41 Å². The van der Waals surface area contributed by atoms with Crippen LogP contribution in [0.25, 0.3) is 0 Å². The third-order valence-electron chi connectivity index (χ3n) is 0.984. The van der Waals surface area contributed by atoms with Crippen LogP contribution in [0.1, 0.15) is 13.3 Å². The van der Waals surface area contributed by atoms with E-state index < -0.39 is 9.45 Å². The summed E-state index contributed by atoms with van der Waals surface area (Å²) in [6, 6.07) is 0. The Morgan fingerprint density at radius 3 is 2.78 bits per heavy atom. The molecule has 0 aromatic carbocycles. The Labute approximate surface area is 60.6 Å². The van der Waals surface area contributed by atoms with Gasteiger partial charge in [0.15, 0.2) is 5.17 Å². The van der Waals surface area contributed by atoms with Crippen molar-refractivity contribution in [3.63, 3.8) is 0 Å². The van der Waals surface area contributed by atoms with Crippen molar-refractivity contribution in [1.29, 1.82) is 5.41 Å². The minimum absolute atomic E-state index is 0.363. The van der Waals surface area contributed by atoms with Gasteiger partial charge in [-0.05, 0) is 27.1 Å². The molecule has 0 radical (unpaired) electrons. The van der Waals surface area contributed by atoms with Gasteiger partial charge in [-0.15, -0.1) is 0 Å². The van der Waals surface area contributed by atoms with Crippen LogP contribution in [-0.4, -0.2) is 10.2 Å². The topological polar surface area (TPSA) is 48.2 Å². The van der Waals surface area contributed by atoms with Crippen LogP contribution >= 0.6 is 0 Å². The van der Waals surface area contributed by atoms with Crippen molar-refractivity contribution in [2.45, 2.75) is 13.3 Å². The van der Waals surface area contributed by atoms with E-state index in [-0.39, 0.29) is 0 Å². The summed E-state index contributed by atoms with van der Waals surface area (Å²) < 4.78 is 0. The lowest BCUT2D eigenvalue weighted by Gasteiger charge is -1.91. The standard InChI is InChI=1S/C4H7N3S2/c1-2-3-6-7-4(5)9(3)8/h2H2,1H3,(H2,5,7). The third kappa shape index (κ3) is 1.16. The molecule has 50 valence electrons. The molecule has 1 atom stereocenters. The van der Waals surface area contributed by atoms with Crippen molar-refractivity contribution in [3.8, 4) is 0 Å². The minimum Gasteiger partial charge on any atom is -0.277 e. The molecule has 1 heterocycles. The fourth-order valence-electron chi connectivity index (χ4n) is 0.524. The van der Waals surface area contributed by atoms with Crippen molar-refractivity contribution in [1.82, 2.24) is 5.43 Å². The molecule has 0 aliphatic carbocycles. The zero-order valence-corrected chi connectivity index (χ0v) is 6.60. The predicted molar refractivity (Wildman–Crippen MR) is 43.3 cm³/mol. The number of nitrogens with zero attached hydrogens (tertiary/aromatic N) is 1. The number of hydrogen-bond donors (Lipinski definition) is 2. The first kappa shape index (κ1) is 6.82. The molecule has 0 fully saturated rings. The highest BCUT2D eigenvalue weighted by Gasteiger charge is 2.14. The van der Waals surface area contributed by atoms with Crippen molar-refractivity contribution >= 4 is 30.9 Å². The van der Waals surface area contributed by atoms with Crippen LogP contribution in [0.2, 0.25) is 0 Å². The second-order valence-corrected chi connectivity index (χ2v) is 3.99. The first-order valence-electron chi connectivity index (χ1n) is 2.58. The molecule has 2 N–H and O–H groups in total. The van der Waals surface area contributed by atoms with Crippen LogP contribution in [0.4, 0.5) is 0 Å². The molecule has 5 heteroatoms. The molecule has 1 aliphatic rings. The highest BCUT2D eigenvalue weighted by molar-refractivity contribution is 8.45. The summed E-state index contributed by atoms with van der Waals surface area (Å²) in [7, 11) is -0.450. The van der Waals surface area contributed by atoms with E-state index in [1.807, 2.05) is 6.92 Å². The maximum absolute atomic E-state index is 7.17. The molecule has 1 unspecified atom stereocenters. The van der Waals surface area contributed by atoms with Crippen molar-refractivity contribution in [3.05, 3.63) is 0 Å². The quantitative estimate of drug-likeness (QED) is 0.582.